The fraction of sp³-hybridized carbons (Fsp3) is 0.0417. The Bertz CT molecular complexity index is 2520. The predicted octanol–water partition coefficient (Wildman–Crippen LogP) is 8.11. The molecule has 262 valence electrons. The van der Waals surface area contributed by atoms with Crippen molar-refractivity contribution in [2.24, 2.45) is 9.98 Å². The largest absolute Gasteiger partial charge is 2.00 e. The van der Waals surface area contributed by atoms with Crippen LogP contribution in [-0.2, 0) is 20.4 Å². The number of aromatic nitrogens is 1. The van der Waals surface area contributed by atoms with Gasteiger partial charge in [-0.1, -0.05) is 145 Å². The summed E-state index contributed by atoms with van der Waals surface area (Å²) >= 11 is 0. The number of fused-ring (bicyclic) bond motifs is 6. The second-order valence-corrected chi connectivity index (χ2v) is 12.8. The molecule has 6 aromatic rings. The quantitative estimate of drug-likeness (QED) is 0.127. The predicted molar refractivity (Wildman–Crippen MR) is 213 cm³/mol. The number of aliphatic imine (C=N–C) groups is 2. The van der Waals surface area contributed by atoms with E-state index >= 15 is 0 Å². The number of rotatable bonds is 6. The van der Waals surface area contributed by atoms with Crippen molar-refractivity contribution in [1.29, 1.82) is 0 Å². The Balaban J connectivity index is 0.00000413. The Morgan fingerprint density at radius 1 is 0.444 bits per heavy atom. The zero-order valence-corrected chi connectivity index (χ0v) is 31.1. The van der Waals surface area contributed by atoms with E-state index in [4.69, 9.17) is 24.4 Å². The fourth-order valence-electron chi connectivity index (χ4n) is 7.24. The standard InChI is InChI=1S/C48H33N3O2.Pd/c1-52-43-30-44(53-2)36-29-35(43)45(31-15-7-3-8-16-31)37-23-25-39(49-37)47(33-19-11-5-12-20-33)41-27-28-42(51-41)48(34-21-13-6-14-22-34)40-26-24-38(50-40)46(36)32-17-9-4-10-18-32;/h3-28,30H,1-2H3;/q-2;+2. The van der Waals surface area contributed by atoms with E-state index in [1.807, 2.05) is 78.9 Å². The van der Waals surface area contributed by atoms with E-state index in [2.05, 4.69) is 91.0 Å². The summed E-state index contributed by atoms with van der Waals surface area (Å²) in [5.74, 6) is 1.24. The van der Waals surface area contributed by atoms with Gasteiger partial charge in [0.1, 0.15) is 0 Å². The van der Waals surface area contributed by atoms with Gasteiger partial charge in [0.05, 0.1) is 37.1 Å². The first kappa shape index (κ1) is 34.8. The van der Waals surface area contributed by atoms with E-state index in [1.54, 1.807) is 14.2 Å². The third-order valence-corrected chi connectivity index (χ3v) is 9.65. The smallest absolute Gasteiger partial charge is 0.657 e. The van der Waals surface area contributed by atoms with E-state index in [0.29, 0.717) is 11.5 Å². The number of hydrogen-bond donors (Lipinski definition) is 0. The molecule has 54 heavy (non-hydrogen) atoms. The number of methoxy groups -OCH3 is 2. The van der Waals surface area contributed by atoms with E-state index in [9.17, 15) is 0 Å². The molecule has 0 amide bonds. The molecule has 8 bridgehead atoms. The minimum atomic E-state index is 0. The number of nitrogens with zero attached hydrogens (tertiary/aromatic N) is 3. The number of ether oxygens (including phenoxy) is 2. The zero-order chi connectivity index (χ0) is 35.7. The third kappa shape index (κ3) is 6.26. The third-order valence-electron chi connectivity index (χ3n) is 9.65. The van der Waals surface area contributed by atoms with Gasteiger partial charge >= 0.3 is 20.4 Å². The molecule has 0 aliphatic carbocycles. The van der Waals surface area contributed by atoms with E-state index in [1.165, 1.54) is 0 Å². The van der Waals surface area contributed by atoms with Gasteiger partial charge in [0.15, 0.2) is 0 Å². The number of benzene rings is 5. The molecular formula is C48H33N3O2Pd. The molecule has 0 fully saturated rings. The summed E-state index contributed by atoms with van der Waals surface area (Å²) in [6, 6.07) is 51.2. The van der Waals surface area contributed by atoms with Crippen molar-refractivity contribution in [1.82, 2.24) is 4.98 Å². The first-order chi connectivity index (χ1) is 26.2. The Kier molecular flexibility index (Phi) is 9.63. The molecule has 0 radical (unpaired) electrons. The maximum absolute atomic E-state index is 6.11. The SMILES string of the molecule is COc1cc(OC)c2[c-]c1C(c1ccccc1)=C1C=CC(=N1)C(c1ccccc1)=c1ccc([n-]1)=C(c1ccccc1)C1=NC(=C2c2ccccc2)C=C1.[Pd+2]. The summed E-state index contributed by atoms with van der Waals surface area (Å²) in [6.45, 7) is 0. The van der Waals surface area contributed by atoms with Crippen LogP contribution in [0.25, 0.3) is 22.3 Å². The summed E-state index contributed by atoms with van der Waals surface area (Å²) in [7, 11) is 3.36. The summed E-state index contributed by atoms with van der Waals surface area (Å²) < 4.78 is 12.2. The van der Waals surface area contributed by atoms with Gasteiger partial charge in [-0.05, 0) is 74.9 Å². The Hall–Kier alpha value is -6.32. The van der Waals surface area contributed by atoms with E-state index < -0.39 is 0 Å². The van der Waals surface area contributed by atoms with Gasteiger partial charge in [0.25, 0.3) is 0 Å². The van der Waals surface area contributed by atoms with E-state index in [0.717, 1.165) is 89.2 Å². The second kappa shape index (κ2) is 15.0. The topological polar surface area (TPSA) is 57.3 Å². The monoisotopic (exact) mass is 789 g/mol. The first-order valence-electron chi connectivity index (χ1n) is 17.5. The molecule has 4 heterocycles. The maximum Gasteiger partial charge on any atom is 2.00 e. The van der Waals surface area contributed by atoms with Crippen molar-refractivity contribution in [2.75, 3.05) is 14.2 Å². The molecule has 3 aliphatic heterocycles. The molecule has 0 N–H and O–H groups in total. The first-order valence-corrected chi connectivity index (χ1v) is 17.5. The number of allylic oxidation sites excluding steroid dienone is 4. The Morgan fingerprint density at radius 3 is 1.15 bits per heavy atom. The van der Waals surface area contributed by atoms with Crippen LogP contribution in [0.4, 0.5) is 0 Å². The molecule has 9 rings (SSSR count). The van der Waals surface area contributed by atoms with Crippen LogP contribution in [0.2, 0.25) is 0 Å². The van der Waals surface area contributed by atoms with Crippen molar-refractivity contribution < 1.29 is 29.9 Å². The van der Waals surface area contributed by atoms with Crippen LogP contribution in [0.3, 0.4) is 0 Å². The fourth-order valence-corrected chi connectivity index (χ4v) is 7.24. The van der Waals surface area contributed by atoms with Gasteiger partial charge in [-0.15, -0.1) is 16.8 Å². The normalized spacial score (nSPS) is 14.6. The van der Waals surface area contributed by atoms with Crippen LogP contribution in [-0.4, -0.2) is 25.6 Å². The minimum Gasteiger partial charge on any atom is -0.657 e. The van der Waals surface area contributed by atoms with Crippen LogP contribution in [0.15, 0.2) is 185 Å². The second-order valence-electron chi connectivity index (χ2n) is 12.8. The zero-order valence-electron chi connectivity index (χ0n) is 29.6. The van der Waals surface area contributed by atoms with Crippen molar-refractivity contribution >= 4 is 33.7 Å². The van der Waals surface area contributed by atoms with Gasteiger partial charge < -0.3 is 14.5 Å². The van der Waals surface area contributed by atoms with Crippen molar-refractivity contribution in [3.63, 3.8) is 0 Å². The molecule has 6 heteroatoms. The average molecular weight is 790 g/mol. The minimum absolute atomic E-state index is 0. The molecule has 1 aromatic heterocycles. The van der Waals surface area contributed by atoms with E-state index in [-0.39, 0.29) is 20.4 Å². The molecule has 5 aromatic carbocycles. The Morgan fingerprint density at radius 2 is 0.796 bits per heavy atom. The van der Waals surface area contributed by atoms with Crippen LogP contribution >= 0.6 is 0 Å². The number of hydrogen-bond acceptors (Lipinski definition) is 4. The molecule has 0 atom stereocenters. The van der Waals surface area contributed by atoms with Crippen LogP contribution in [0, 0.1) is 6.07 Å². The van der Waals surface area contributed by atoms with Gasteiger partial charge in [-0.3, -0.25) is 9.98 Å². The average Bonchev–Trinajstić information content (AvgIpc) is 4.00. The van der Waals surface area contributed by atoms with Crippen LogP contribution < -0.4 is 25.2 Å². The summed E-state index contributed by atoms with van der Waals surface area (Å²) in [6.07, 6.45) is 8.32. The maximum atomic E-state index is 6.11. The van der Waals surface area contributed by atoms with Crippen molar-refractivity contribution in [3.05, 3.63) is 225 Å². The summed E-state index contributed by atoms with van der Waals surface area (Å²) in [4.78, 5) is 16.1. The van der Waals surface area contributed by atoms with Gasteiger partial charge in [-0.2, -0.15) is 0 Å². The van der Waals surface area contributed by atoms with Crippen molar-refractivity contribution in [3.8, 4) is 11.5 Å². The van der Waals surface area contributed by atoms with Gasteiger partial charge in [-0.25, -0.2) is 0 Å². The van der Waals surface area contributed by atoms with Crippen molar-refractivity contribution in [2.45, 2.75) is 0 Å². The van der Waals surface area contributed by atoms with Crippen LogP contribution in [0.1, 0.15) is 33.4 Å². The molecule has 5 nitrogen and oxygen atoms in total. The Labute approximate surface area is 328 Å². The molecule has 0 unspecified atom stereocenters. The molecule has 3 aliphatic rings. The summed E-state index contributed by atoms with van der Waals surface area (Å²) in [5, 5.41) is 1.66. The molecular weight excluding hydrogens is 757 g/mol. The van der Waals surface area contributed by atoms with Gasteiger partial charge in [0.2, 0.25) is 0 Å². The molecule has 0 saturated heterocycles. The van der Waals surface area contributed by atoms with Gasteiger partial charge in [0, 0.05) is 11.4 Å². The molecule has 0 spiro atoms. The molecule has 0 saturated carbocycles. The summed E-state index contributed by atoms with van der Waals surface area (Å²) in [5.41, 5.74) is 12.4. The van der Waals surface area contributed by atoms with Crippen LogP contribution in [0.5, 0.6) is 11.5 Å².